The second kappa shape index (κ2) is 9.28. The Bertz CT molecular complexity index is 1280. The van der Waals surface area contributed by atoms with Crippen molar-refractivity contribution in [2.75, 3.05) is 0 Å². The van der Waals surface area contributed by atoms with Crippen molar-refractivity contribution in [2.24, 2.45) is 0 Å². The van der Waals surface area contributed by atoms with Gasteiger partial charge in [0, 0.05) is 0 Å². The third-order valence-electron chi connectivity index (χ3n) is 5.65. The van der Waals surface area contributed by atoms with Gasteiger partial charge >= 0.3 is 17.1 Å². The van der Waals surface area contributed by atoms with Crippen LogP contribution in [0.3, 0.4) is 0 Å². The summed E-state index contributed by atoms with van der Waals surface area (Å²) < 4.78 is 3.46. The van der Waals surface area contributed by atoms with Crippen LogP contribution in [0, 0.1) is 20.8 Å². The number of rotatable bonds is 6. The standard InChI is InChI=1S/C27H27N3O3/c1-19-7-4-10-22(13-19)16-28-25(31)29(17-23-11-5-8-20(2)14-23)27(33)30(26(28)32)18-24-12-6-9-21(3)15-24/h4-15H,16-18H2,1-3H3. The predicted molar refractivity (Wildman–Crippen MR) is 130 cm³/mol. The highest BCUT2D eigenvalue weighted by Crippen LogP contribution is 2.07. The summed E-state index contributed by atoms with van der Waals surface area (Å²) in [6.45, 7) is 6.17. The lowest BCUT2D eigenvalue weighted by Crippen LogP contribution is -2.54. The number of hydrogen-bond acceptors (Lipinski definition) is 3. The zero-order valence-corrected chi connectivity index (χ0v) is 19.1. The largest absolute Gasteiger partial charge is 0.336 e. The molecule has 1 aromatic heterocycles. The highest BCUT2D eigenvalue weighted by molar-refractivity contribution is 5.24. The second-order valence-electron chi connectivity index (χ2n) is 8.57. The van der Waals surface area contributed by atoms with Crippen LogP contribution in [0.1, 0.15) is 33.4 Å². The maximum Gasteiger partial charge on any atom is 0.336 e. The summed E-state index contributed by atoms with van der Waals surface area (Å²) in [6, 6.07) is 23.0. The minimum Gasteiger partial charge on any atom is -0.247 e. The molecule has 0 fully saturated rings. The molecule has 0 bridgehead atoms. The van der Waals surface area contributed by atoms with E-state index in [4.69, 9.17) is 0 Å². The Balaban J connectivity index is 1.88. The van der Waals surface area contributed by atoms with Gasteiger partial charge in [0.2, 0.25) is 0 Å². The molecule has 0 radical (unpaired) electrons. The summed E-state index contributed by atoms with van der Waals surface area (Å²) in [5.41, 5.74) is 3.79. The van der Waals surface area contributed by atoms with E-state index in [-0.39, 0.29) is 19.6 Å². The van der Waals surface area contributed by atoms with Gasteiger partial charge in [0.15, 0.2) is 0 Å². The minimum absolute atomic E-state index is 0.0985. The van der Waals surface area contributed by atoms with Crippen LogP contribution in [0.25, 0.3) is 0 Å². The topological polar surface area (TPSA) is 66.0 Å². The highest BCUT2D eigenvalue weighted by atomic mass is 16.2. The lowest BCUT2D eigenvalue weighted by atomic mass is 10.1. The summed E-state index contributed by atoms with van der Waals surface area (Å²) in [5.74, 6) is 0. The minimum atomic E-state index is -0.603. The molecule has 0 aliphatic carbocycles. The molecule has 6 heteroatoms. The summed E-state index contributed by atoms with van der Waals surface area (Å²) in [6.07, 6.45) is 0. The fraction of sp³-hybridized carbons (Fsp3) is 0.222. The van der Waals surface area contributed by atoms with Crippen LogP contribution in [0.15, 0.2) is 87.2 Å². The lowest BCUT2D eigenvalue weighted by Gasteiger charge is -2.15. The van der Waals surface area contributed by atoms with E-state index in [0.29, 0.717) is 0 Å². The molecule has 0 atom stereocenters. The smallest absolute Gasteiger partial charge is 0.247 e. The van der Waals surface area contributed by atoms with E-state index in [1.807, 2.05) is 93.6 Å². The monoisotopic (exact) mass is 441 g/mol. The quantitative estimate of drug-likeness (QED) is 0.461. The maximum atomic E-state index is 13.4. The Labute approximate surface area is 192 Å². The summed E-state index contributed by atoms with van der Waals surface area (Å²) in [5, 5.41) is 0. The van der Waals surface area contributed by atoms with Gasteiger partial charge < -0.3 is 0 Å². The van der Waals surface area contributed by atoms with Gasteiger partial charge in [-0.3, -0.25) is 0 Å². The van der Waals surface area contributed by atoms with Crippen LogP contribution >= 0.6 is 0 Å². The zero-order valence-electron chi connectivity index (χ0n) is 19.1. The van der Waals surface area contributed by atoms with Crippen molar-refractivity contribution < 1.29 is 0 Å². The molecular weight excluding hydrogens is 414 g/mol. The van der Waals surface area contributed by atoms with Crippen LogP contribution in [0.5, 0.6) is 0 Å². The van der Waals surface area contributed by atoms with E-state index < -0.39 is 17.1 Å². The first kappa shape index (κ1) is 22.3. The highest BCUT2D eigenvalue weighted by Gasteiger charge is 2.17. The third kappa shape index (κ3) is 4.95. The molecule has 0 aliphatic heterocycles. The van der Waals surface area contributed by atoms with Crippen molar-refractivity contribution >= 4 is 0 Å². The Kier molecular flexibility index (Phi) is 6.27. The third-order valence-corrected chi connectivity index (χ3v) is 5.65. The fourth-order valence-electron chi connectivity index (χ4n) is 4.07. The Morgan fingerprint density at radius 3 is 1.00 bits per heavy atom. The number of benzene rings is 3. The van der Waals surface area contributed by atoms with Gasteiger partial charge in [0.05, 0.1) is 19.6 Å². The SMILES string of the molecule is Cc1cccc(Cn2c(=O)n(Cc3cccc(C)c3)c(=O)n(Cc3cccc(C)c3)c2=O)c1. The molecule has 4 aromatic rings. The number of aryl methyl sites for hydroxylation is 3. The second-order valence-corrected chi connectivity index (χ2v) is 8.57. The fourth-order valence-corrected chi connectivity index (χ4v) is 4.07. The van der Waals surface area contributed by atoms with E-state index >= 15 is 0 Å². The molecule has 3 aromatic carbocycles. The molecule has 6 nitrogen and oxygen atoms in total. The van der Waals surface area contributed by atoms with Crippen LogP contribution in [-0.2, 0) is 19.6 Å². The van der Waals surface area contributed by atoms with Gasteiger partial charge in [-0.25, -0.2) is 28.1 Å². The van der Waals surface area contributed by atoms with E-state index in [0.717, 1.165) is 47.1 Å². The van der Waals surface area contributed by atoms with Crippen molar-refractivity contribution in [3.05, 3.63) is 138 Å². The summed E-state index contributed by atoms with van der Waals surface area (Å²) in [7, 11) is 0. The van der Waals surface area contributed by atoms with Gasteiger partial charge in [-0.1, -0.05) is 89.5 Å². The first-order chi connectivity index (χ1) is 15.8. The van der Waals surface area contributed by atoms with Crippen molar-refractivity contribution in [3.63, 3.8) is 0 Å². The van der Waals surface area contributed by atoms with Gasteiger partial charge in [0.1, 0.15) is 0 Å². The zero-order chi connectivity index (χ0) is 23.5. The van der Waals surface area contributed by atoms with Crippen molar-refractivity contribution in [1.82, 2.24) is 13.7 Å². The van der Waals surface area contributed by atoms with E-state index in [2.05, 4.69) is 0 Å². The summed E-state index contributed by atoms with van der Waals surface area (Å²) >= 11 is 0. The van der Waals surface area contributed by atoms with E-state index in [1.54, 1.807) is 0 Å². The Morgan fingerprint density at radius 1 is 0.485 bits per heavy atom. The van der Waals surface area contributed by atoms with Crippen molar-refractivity contribution in [2.45, 2.75) is 40.4 Å². The van der Waals surface area contributed by atoms with E-state index in [1.165, 1.54) is 0 Å². The molecule has 0 amide bonds. The van der Waals surface area contributed by atoms with Crippen molar-refractivity contribution in [3.8, 4) is 0 Å². The van der Waals surface area contributed by atoms with Gasteiger partial charge in [-0.15, -0.1) is 0 Å². The average molecular weight is 442 g/mol. The average Bonchev–Trinajstić information content (AvgIpc) is 2.77. The first-order valence-electron chi connectivity index (χ1n) is 10.9. The molecular formula is C27H27N3O3. The van der Waals surface area contributed by atoms with Crippen LogP contribution in [0.4, 0.5) is 0 Å². The van der Waals surface area contributed by atoms with Gasteiger partial charge in [-0.05, 0) is 37.5 Å². The van der Waals surface area contributed by atoms with Crippen molar-refractivity contribution in [1.29, 1.82) is 0 Å². The van der Waals surface area contributed by atoms with E-state index in [9.17, 15) is 14.4 Å². The van der Waals surface area contributed by atoms with Gasteiger partial charge in [-0.2, -0.15) is 0 Å². The maximum absolute atomic E-state index is 13.4. The number of aromatic nitrogens is 3. The first-order valence-corrected chi connectivity index (χ1v) is 10.9. The Hall–Kier alpha value is -3.93. The molecule has 1 heterocycles. The number of hydrogen-bond donors (Lipinski definition) is 0. The van der Waals surface area contributed by atoms with Crippen LogP contribution < -0.4 is 17.1 Å². The lowest BCUT2D eigenvalue weighted by molar-refractivity contribution is 0.491. The summed E-state index contributed by atoms with van der Waals surface area (Å²) in [4.78, 5) is 40.1. The molecule has 33 heavy (non-hydrogen) atoms. The number of nitrogens with zero attached hydrogens (tertiary/aromatic N) is 3. The molecule has 0 spiro atoms. The molecule has 0 unspecified atom stereocenters. The molecule has 0 saturated heterocycles. The molecule has 0 aliphatic rings. The molecule has 4 rings (SSSR count). The molecule has 0 N–H and O–H groups in total. The molecule has 0 saturated carbocycles. The molecule has 168 valence electrons. The predicted octanol–water partition coefficient (Wildman–Crippen LogP) is 3.24. The Morgan fingerprint density at radius 2 is 0.758 bits per heavy atom. The van der Waals surface area contributed by atoms with Gasteiger partial charge in [0.25, 0.3) is 0 Å². The normalized spacial score (nSPS) is 11.0. The van der Waals surface area contributed by atoms with Crippen LogP contribution in [0.2, 0.25) is 0 Å². The van der Waals surface area contributed by atoms with Crippen LogP contribution in [-0.4, -0.2) is 13.7 Å².